The van der Waals surface area contributed by atoms with Gasteiger partial charge in [0.1, 0.15) is 6.10 Å². The van der Waals surface area contributed by atoms with E-state index in [-0.39, 0.29) is 63.2 Å². The Morgan fingerprint density at radius 1 is 0.902 bits per heavy atom. The van der Waals surface area contributed by atoms with Crippen LogP contribution in [0.3, 0.4) is 0 Å². The number of hydrogen-bond acceptors (Lipinski definition) is 6. The van der Waals surface area contributed by atoms with Crippen LogP contribution in [0, 0.1) is 50.2 Å². The van der Waals surface area contributed by atoms with Crippen molar-refractivity contribution in [3.05, 3.63) is 46.0 Å². The molecule has 1 amide bonds. The second-order valence-electron chi connectivity index (χ2n) is 19.1. The van der Waals surface area contributed by atoms with Gasteiger partial charge >= 0.3 is 5.97 Å². The van der Waals surface area contributed by atoms with Crippen molar-refractivity contribution in [3.63, 3.8) is 0 Å². The Hall–Kier alpha value is -2.51. The van der Waals surface area contributed by atoms with Crippen LogP contribution >= 0.6 is 11.6 Å². The maximum absolute atomic E-state index is 14.8. The molecule has 278 valence electrons. The number of nitrogens with two attached hydrogens (primary N) is 1. The third-order valence-electron chi connectivity index (χ3n) is 16.8. The van der Waals surface area contributed by atoms with E-state index in [2.05, 4.69) is 53.8 Å². The lowest BCUT2D eigenvalue weighted by atomic mass is 9.27. The number of amides is 1. The van der Waals surface area contributed by atoms with Crippen molar-refractivity contribution in [2.75, 3.05) is 6.54 Å². The molecule has 0 radical (unpaired) electrons. The molecule has 1 unspecified atom stereocenters. The first-order chi connectivity index (χ1) is 23.8. The number of esters is 1. The first-order valence-corrected chi connectivity index (χ1v) is 19.9. The van der Waals surface area contributed by atoms with Gasteiger partial charge in [-0.05, 0) is 139 Å². The van der Waals surface area contributed by atoms with Gasteiger partial charge in [-0.3, -0.25) is 19.2 Å². The normalized spacial score (nSPS) is 40.5. The van der Waals surface area contributed by atoms with Gasteiger partial charge in [0.05, 0.1) is 11.0 Å². The van der Waals surface area contributed by atoms with Crippen molar-refractivity contribution in [1.29, 1.82) is 0 Å². The Bertz CT molecular complexity index is 1710. The third-order valence-corrected chi connectivity index (χ3v) is 17.0. The fourth-order valence-electron chi connectivity index (χ4n) is 13.9. The summed E-state index contributed by atoms with van der Waals surface area (Å²) in [5, 5.41) is 3.79. The molecule has 6 aliphatic rings. The lowest BCUT2D eigenvalue weighted by Crippen LogP contribution is -2.73. The first-order valence-electron chi connectivity index (χ1n) is 19.6. The predicted octanol–water partition coefficient (Wildman–Crippen LogP) is 8.26. The molecule has 0 heterocycles. The summed E-state index contributed by atoms with van der Waals surface area (Å²) in [6.45, 7) is 18.2. The maximum atomic E-state index is 14.8. The number of Topliss-reactive ketones (excluding diaryl/α,β-unsaturated/α-hetero) is 2. The minimum absolute atomic E-state index is 0.00761. The number of carbonyl (C=O) groups excluding carboxylic acids is 4. The minimum atomic E-state index is -1.11. The van der Waals surface area contributed by atoms with E-state index in [1.54, 1.807) is 0 Å². The number of rotatable bonds is 7. The van der Waals surface area contributed by atoms with Crippen LogP contribution in [0.25, 0.3) is 0 Å². The van der Waals surface area contributed by atoms with E-state index < -0.39 is 22.6 Å². The Kier molecular flexibility index (Phi) is 8.48. The lowest BCUT2D eigenvalue weighted by Gasteiger charge is -2.77. The van der Waals surface area contributed by atoms with Gasteiger partial charge in [0.15, 0.2) is 5.78 Å². The SMILES string of the molecule is CC(=O)O[C@H]1CC[C@@]2(C)[C@@H](CC[C@]3(C)C2(CN)CC[C@@H]2C4=C(C(C)C)C(=O)C[C@]4(C(=O)C(=O)NC4(c5ccc(Cl)cc5)CC4)CC[C@]23C)C1(C)C. The second-order valence-corrected chi connectivity index (χ2v) is 19.6. The smallest absolute Gasteiger partial charge is 0.302 e. The highest BCUT2D eigenvalue weighted by Gasteiger charge is 2.76. The molecule has 0 bridgehead atoms. The molecule has 0 aliphatic heterocycles. The van der Waals surface area contributed by atoms with E-state index in [4.69, 9.17) is 22.1 Å². The highest BCUT2D eigenvalue weighted by Crippen LogP contribution is 2.81. The molecular weight excluding hydrogens is 660 g/mol. The number of carbonyl (C=O) groups is 4. The average Bonchev–Trinajstić information content (AvgIpc) is 3.76. The Balaban J connectivity index is 1.27. The highest BCUT2D eigenvalue weighted by atomic mass is 35.5. The molecule has 0 spiro atoms. The number of ether oxygens (including phenoxy) is 1. The zero-order chi connectivity index (χ0) is 37.2. The van der Waals surface area contributed by atoms with Crippen molar-refractivity contribution >= 4 is 35.0 Å². The number of benzene rings is 1. The van der Waals surface area contributed by atoms with E-state index in [0.29, 0.717) is 23.9 Å². The molecule has 1 aromatic carbocycles. The summed E-state index contributed by atoms with van der Waals surface area (Å²) in [4.78, 5) is 55.3. The molecule has 3 N–H and O–H groups in total. The highest BCUT2D eigenvalue weighted by molar-refractivity contribution is 6.40. The zero-order valence-electron chi connectivity index (χ0n) is 32.1. The summed E-state index contributed by atoms with van der Waals surface area (Å²) in [5.74, 6) is -0.895. The van der Waals surface area contributed by atoms with Gasteiger partial charge in [-0.1, -0.05) is 72.2 Å². The van der Waals surface area contributed by atoms with E-state index >= 15 is 0 Å². The van der Waals surface area contributed by atoms with Gasteiger partial charge in [0, 0.05) is 23.8 Å². The van der Waals surface area contributed by atoms with Crippen LogP contribution < -0.4 is 11.1 Å². The van der Waals surface area contributed by atoms with Crippen LogP contribution in [0.4, 0.5) is 0 Å². The van der Waals surface area contributed by atoms with Crippen LogP contribution in [-0.2, 0) is 29.5 Å². The van der Waals surface area contributed by atoms with Crippen molar-refractivity contribution in [3.8, 4) is 0 Å². The second kappa shape index (κ2) is 11.7. The third kappa shape index (κ3) is 4.77. The zero-order valence-corrected chi connectivity index (χ0v) is 32.9. The number of ketones is 2. The molecule has 5 saturated carbocycles. The van der Waals surface area contributed by atoms with Gasteiger partial charge in [-0.25, -0.2) is 0 Å². The standard InChI is InChI=1S/C43H59ClN2O5/c1-25(2)33-30(48)23-41(35(49)36(50)46-42(21-22-42)27-9-11-28(44)12-10-27)20-19-38(6)29(34(33)41)13-18-43(24-45)39(7)16-15-32(51-26(3)47)37(4,5)31(39)14-17-40(38,43)8/h9-12,25,29,31-32H,13-24,45H2,1-8H3,(H,46,50)/t29-,31+,32+,38-,39+,40+,41-,43?/m1/s1. The molecule has 7 nitrogen and oxygen atoms in total. The quantitative estimate of drug-likeness (QED) is 0.217. The first kappa shape index (κ1) is 36.8. The fraction of sp³-hybridized carbons (Fsp3) is 0.721. The Labute approximate surface area is 309 Å². The molecule has 6 aliphatic carbocycles. The number of allylic oxidation sites excluding steroid dienone is 2. The fourth-order valence-corrected chi connectivity index (χ4v) is 14.0. The minimum Gasteiger partial charge on any atom is -0.462 e. The molecule has 5 fully saturated rings. The number of halogens is 1. The van der Waals surface area contributed by atoms with Crippen LogP contribution in [0.2, 0.25) is 5.02 Å². The summed E-state index contributed by atoms with van der Waals surface area (Å²) in [6, 6.07) is 7.50. The predicted molar refractivity (Wildman–Crippen MR) is 198 cm³/mol. The summed E-state index contributed by atoms with van der Waals surface area (Å²) in [5.41, 5.74) is 7.29. The number of hydrogen-bond donors (Lipinski definition) is 2. The molecule has 8 atom stereocenters. The van der Waals surface area contributed by atoms with Gasteiger partial charge in [-0.15, -0.1) is 0 Å². The summed E-state index contributed by atoms with van der Waals surface area (Å²) in [6.07, 6.45) is 8.25. The van der Waals surface area contributed by atoms with E-state index in [1.165, 1.54) is 6.92 Å². The van der Waals surface area contributed by atoms with Crippen molar-refractivity contribution in [1.82, 2.24) is 5.32 Å². The summed E-state index contributed by atoms with van der Waals surface area (Å²) < 4.78 is 5.96. The molecule has 1 aromatic rings. The molecular formula is C43H59ClN2O5. The van der Waals surface area contributed by atoms with Gasteiger partial charge < -0.3 is 15.8 Å². The monoisotopic (exact) mass is 718 g/mol. The van der Waals surface area contributed by atoms with Crippen molar-refractivity contribution in [2.24, 2.45) is 56.0 Å². The van der Waals surface area contributed by atoms with Crippen LogP contribution in [0.15, 0.2) is 35.4 Å². The van der Waals surface area contributed by atoms with Crippen LogP contribution in [0.5, 0.6) is 0 Å². The van der Waals surface area contributed by atoms with Crippen molar-refractivity contribution in [2.45, 2.75) is 138 Å². The molecule has 0 saturated heterocycles. The summed E-state index contributed by atoms with van der Waals surface area (Å²) >= 11 is 6.16. The lowest BCUT2D eigenvalue weighted by molar-refractivity contribution is -0.280. The summed E-state index contributed by atoms with van der Waals surface area (Å²) in [7, 11) is 0. The molecule has 0 aromatic heterocycles. The topological polar surface area (TPSA) is 116 Å². The van der Waals surface area contributed by atoms with Crippen LogP contribution in [0.1, 0.15) is 132 Å². The average molecular weight is 719 g/mol. The molecule has 51 heavy (non-hydrogen) atoms. The van der Waals surface area contributed by atoms with Crippen molar-refractivity contribution < 1.29 is 23.9 Å². The van der Waals surface area contributed by atoms with Gasteiger partial charge in [0.2, 0.25) is 5.78 Å². The van der Waals surface area contributed by atoms with Crippen LogP contribution in [-0.4, -0.2) is 36.1 Å². The number of nitrogens with one attached hydrogen (secondary N) is 1. The Morgan fingerprint density at radius 2 is 1.57 bits per heavy atom. The van der Waals surface area contributed by atoms with Gasteiger partial charge in [0.25, 0.3) is 5.91 Å². The number of fused-ring (bicyclic) bond motifs is 7. The Morgan fingerprint density at radius 3 is 2.16 bits per heavy atom. The molecule has 8 heteroatoms. The van der Waals surface area contributed by atoms with E-state index in [9.17, 15) is 19.2 Å². The largest absolute Gasteiger partial charge is 0.462 e. The molecule has 7 rings (SSSR count). The van der Waals surface area contributed by atoms with E-state index in [0.717, 1.165) is 74.5 Å². The van der Waals surface area contributed by atoms with Gasteiger partial charge in [-0.2, -0.15) is 0 Å². The van der Waals surface area contributed by atoms with E-state index in [1.807, 2.05) is 24.3 Å². The maximum Gasteiger partial charge on any atom is 0.302 e.